The maximum Gasteiger partial charge on any atom is 0.193 e. The van der Waals surface area contributed by atoms with Crippen molar-refractivity contribution in [1.29, 1.82) is 0 Å². The Balaban J connectivity index is 2.34. The average molecular weight is 305 g/mol. The second-order valence-corrected chi connectivity index (χ2v) is 11.6. The first-order valence-electron chi connectivity index (χ1n) is 7.50. The van der Waals surface area contributed by atoms with Gasteiger partial charge in [0.1, 0.15) is 12.7 Å². The topological polar surface area (TPSA) is 18.5 Å². The fourth-order valence-electron chi connectivity index (χ4n) is 1.63. The van der Waals surface area contributed by atoms with E-state index in [1.54, 1.807) is 0 Å². The highest BCUT2D eigenvalue weighted by Crippen LogP contribution is 2.37. The van der Waals surface area contributed by atoms with Crippen LogP contribution in [0.4, 0.5) is 0 Å². The molecule has 0 amide bonds. The van der Waals surface area contributed by atoms with Gasteiger partial charge >= 0.3 is 0 Å². The van der Waals surface area contributed by atoms with Crippen LogP contribution in [-0.2, 0) is 15.8 Å². The Labute approximate surface area is 131 Å². The monoisotopic (exact) mass is 304 g/mol. The third-order valence-corrected chi connectivity index (χ3v) is 8.42. The average Bonchev–Trinajstić information content (AvgIpc) is 2.37. The van der Waals surface area contributed by atoms with E-state index < -0.39 is 8.32 Å². The number of ether oxygens (including phenoxy) is 1. The Hall–Kier alpha value is -1.08. The van der Waals surface area contributed by atoms with Crippen LogP contribution in [0.25, 0.3) is 0 Å². The van der Waals surface area contributed by atoms with Gasteiger partial charge in [0.25, 0.3) is 0 Å². The molecule has 0 saturated heterocycles. The predicted molar refractivity (Wildman–Crippen MR) is 91.6 cm³/mol. The van der Waals surface area contributed by atoms with Crippen LogP contribution in [0.15, 0.2) is 30.3 Å². The Bertz CT molecular complexity index is 477. The lowest BCUT2D eigenvalue weighted by Crippen LogP contribution is -2.43. The van der Waals surface area contributed by atoms with Crippen molar-refractivity contribution >= 4 is 8.32 Å². The molecule has 1 aromatic carbocycles. The molecule has 0 aliphatic carbocycles. The minimum Gasteiger partial charge on any atom is -0.404 e. The summed E-state index contributed by atoms with van der Waals surface area (Å²) in [5.74, 6) is 6.19. The standard InChI is InChI=1S/C18H28O2Si/c1-16(20-21(5,6)18(2,3)4)11-10-14-19-15-17-12-8-7-9-13-17/h7-9,12-13,16H,14-15H2,1-6H3/t16-/m0/s1. The van der Waals surface area contributed by atoms with E-state index in [4.69, 9.17) is 9.16 Å². The highest BCUT2D eigenvalue weighted by atomic mass is 28.4. The molecule has 0 spiro atoms. The van der Waals surface area contributed by atoms with E-state index in [2.05, 4.69) is 57.8 Å². The van der Waals surface area contributed by atoms with Crippen LogP contribution in [0.1, 0.15) is 33.3 Å². The number of rotatable bonds is 5. The van der Waals surface area contributed by atoms with Crippen molar-refractivity contribution < 1.29 is 9.16 Å². The molecular weight excluding hydrogens is 276 g/mol. The van der Waals surface area contributed by atoms with Crippen LogP contribution in [0, 0.1) is 11.8 Å². The van der Waals surface area contributed by atoms with Gasteiger partial charge in [-0.2, -0.15) is 0 Å². The number of hydrogen-bond acceptors (Lipinski definition) is 2. The van der Waals surface area contributed by atoms with Crippen LogP contribution in [0.3, 0.4) is 0 Å². The Morgan fingerprint density at radius 2 is 1.76 bits per heavy atom. The van der Waals surface area contributed by atoms with Crippen molar-refractivity contribution in [3.05, 3.63) is 35.9 Å². The largest absolute Gasteiger partial charge is 0.404 e. The van der Waals surface area contributed by atoms with Crippen molar-refractivity contribution in [2.45, 2.75) is 58.5 Å². The van der Waals surface area contributed by atoms with E-state index in [0.717, 1.165) is 0 Å². The van der Waals surface area contributed by atoms with Gasteiger partial charge in [-0.15, -0.1) is 0 Å². The molecule has 0 aromatic heterocycles. The third kappa shape index (κ3) is 6.47. The van der Waals surface area contributed by atoms with E-state index in [9.17, 15) is 0 Å². The number of hydrogen-bond donors (Lipinski definition) is 0. The second-order valence-electron chi connectivity index (χ2n) is 6.82. The van der Waals surface area contributed by atoms with Crippen LogP contribution in [0.5, 0.6) is 0 Å². The van der Waals surface area contributed by atoms with Crippen LogP contribution in [-0.4, -0.2) is 21.0 Å². The van der Waals surface area contributed by atoms with Gasteiger partial charge in [-0.3, -0.25) is 0 Å². The van der Waals surface area contributed by atoms with Gasteiger partial charge in [-0.1, -0.05) is 62.9 Å². The van der Waals surface area contributed by atoms with E-state index in [0.29, 0.717) is 13.2 Å². The van der Waals surface area contributed by atoms with Crippen molar-refractivity contribution in [2.75, 3.05) is 6.61 Å². The smallest absolute Gasteiger partial charge is 0.193 e. The Kier molecular flexibility index (Phi) is 6.67. The van der Waals surface area contributed by atoms with Gasteiger partial charge in [0.15, 0.2) is 8.32 Å². The summed E-state index contributed by atoms with van der Waals surface area (Å²) in [5, 5.41) is 0.215. The molecule has 3 heteroatoms. The molecule has 1 atom stereocenters. The highest BCUT2D eigenvalue weighted by molar-refractivity contribution is 6.74. The molecule has 0 fully saturated rings. The van der Waals surface area contributed by atoms with Gasteiger partial charge in [0, 0.05) is 0 Å². The third-order valence-electron chi connectivity index (χ3n) is 3.87. The summed E-state index contributed by atoms with van der Waals surface area (Å²) in [7, 11) is -1.73. The molecule has 0 radical (unpaired) electrons. The minimum atomic E-state index is -1.73. The van der Waals surface area contributed by atoms with E-state index >= 15 is 0 Å². The minimum absolute atomic E-state index is 0.0359. The van der Waals surface area contributed by atoms with E-state index in [1.807, 2.05) is 25.1 Å². The first-order chi connectivity index (χ1) is 9.72. The zero-order valence-corrected chi connectivity index (χ0v) is 15.2. The maximum absolute atomic E-state index is 6.18. The first-order valence-corrected chi connectivity index (χ1v) is 10.4. The maximum atomic E-state index is 6.18. The molecule has 0 saturated carbocycles. The van der Waals surface area contributed by atoms with Crippen LogP contribution >= 0.6 is 0 Å². The lowest BCUT2D eigenvalue weighted by molar-refractivity contribution is 0.153. The molecule has 0 unspecified atom stereocenters. The van der Waals surface area contributed by atoms with Crippen molar-refractivity contribution in [3.8, 4) is 11.8 Å². The summed E-state index contributed by atoms with van der Waals surface area (Å²) in [6, 6.07) is 10.1. The normalized spacial score (nSPS) is 13.4. The van der Waals surface area contributed by atoms with Crippen LogP contribution < -0.4 is 0 Å². The first kappa shape index (κ1) is 18.0. The van der Waals surface area contributed by atoms with Gasteiger partial charge in [-0.05, 0) is 30.6 Å². The summed E-state index contributed by atoms with van der Waals surface area (Å²) in [6.45, 7) is 14.3. The molecule has 0 aliphatic heterocycles. The van der Waals surface area contributed by atoms with Crippen molar-refractivity contribution in [3.63, 3.8) is 0 Å². The van der Waals surface area contributed by atoms with Crippen LogP contribution in [0.2, 0.25) is 18.1 Å². The quantitative estimate of drug-likeness (QED) is 0.449. The fourth-order valence-corrected chi connectivity index (χ4v) is 2.92. The summed E-state index contributed by atoms with van der Waals surface area (Å²) in [6.07, 6.45) is -0.0359. The Morgan fingerprint density at radius 3 is 2.33 bits per heavy atom. The molecule has 0 bridgehead atoms. The summed E-state index contributed by atoms with van der Waals surface area (Å²) >= 11 is 0. The van der Waals surface area contributed by atoms with E-state index in [-0.39, 0.29) is 11.1 Å². The predicted octanol–water partition coefficient (Wildman–Crippen LogP) is 4.62. The second kappa shape index (κ2) is 7.79. The lowest BCUT2D eigenvalue weighted by atomic mass is 10.2. The number of benzene rings is 1. The van der Waals surface area contributed by atoms with Gasteiger partial charge in [-0.25, -0.2) is 0 Å². The molecule has 2 nitrogen and oxygen atoms in total. The van der Waals surface area contributed by atoms with Crippen molar-refractivity contribution in [2.24, 2.45) is 0 Å². The molecule has 0 N–H and O–H groups in total. The van der Waals surface area contributed by atoms with Gasteiger partial charge in [0.05, 0.1) is 6.61 Å². The van der Waals surface area contributed by atoms with Gasteiger partial charge in [0.2, 0.25) is 0 Å². The SMILES string of the molecule is C[C@@H](C#CCOCc1ccccc1)O[Si](C)(C)C(C)(C)C. The summed E-state index contributed by atoms with van der Waals surface area (Å²) < 4.78 is 11.7. The zero-order chi connectivity index (χ0) is 15.9. The Morgan fingerprint density at radius 1 is 1.14 bits per heavy atom. The summed E-state index contributed by atoms with van der Waals surface area (Å²) in [5.41, 5.74) is 1.17. The summed E-state index contributed by atoms with van der Waals surface area (Å²) in [4.78, 5) is 0. The van der Waals surface area contributed by atoms with Crippen molar-refractivity contribution in [1.82, 2.24) is 0 Å². The molecule has 1 aromatic rings. The molecule has 0 heterocycles. The molecule has 21 heavy (non-hydrogen) atoms. The van der Waals surface area contributed by atoms with E-state index in [1.165, 1.54) is 5.56 Å². The lowest BCUT2D eigenvalue weighted by Gasteiger charge is -2.37. The molecular formula is C18H28O2Si. The highest BCUT2D eigenvalue weighted by Gasteiger charge is 2.38. The molecule has 1 rings (SSSR count). The zero-order valence-electron chi connectivity index (χ0n) is 14.2. The fraction of sp³-hybridized carbons (Fsp3) is 0.556. The molecule has 0 aliphatic rings. The molecule has 116 valence electrons. The van der Waals surface area contributed by atoms with Gasteiger partial charge < -0.3 is 9.16 Å².